The SMILES string of the molecule is COc1nccnc1C(=O)C1=CCCC1. The van der Waals surface area contributed by atoms with Crippen LogP contribution in [0.25, 0.3) is 0 Å². The minimum atomic E-state index is -0.0579. The summed E-state index contributed by atoms with van der Waals surface area (Å²) in [6.07, 6.45) is 7.84. The normalized spacial score (nSPS) is 14.9. The van der Waals surface area contributed by atoms with Gasteiger partial charge in [0.25, 0.3) is 0 Å². The second-order valence-electron chi connectivity index (χ2n) is 3.36. The molecule has 1 aliphatic carbocycles. The predicted molar refractivity (Wildman–Crippen MR) is 54.8 cm³/mol. The fourth-order valence-corrected chi connectivity index (χ4v) is 1.66. The third-order valence-corrected chi connectivity index (χ3v) is 2.41. The summed E-state index contributed by atoms with van der Waals surface area (Å²) in [4.78, 5) is 19.9. The Morgan fingerprint density at radius 3 is 2.87 bits per heavy atom. The molecule has 0 N–H and O–H groups in total. The number of allylic oxidation sites excluding steroid dienone is 2. The number of carbonyl (C=O) groups is 1. The molecule has 0 bridgehead atoms. The second-order valence-corrected chi connectivity index (χ2v) is 3.36. The van der Waals surface area contributed by atoms with Gasteiger partial charge in [0.05, 0.1) is 7.11 Å². The number of methoxy groups -OCH3 is 1. The highest BCUT2D eigenvalue weighted by Gasteiger charge is 2.20. The molecule has 1 heterocycles. The van der Waals surface area contributed by atoms with E-state index in [2.05, 4.69) is 9.97 Å². The van der Waals surface area contributed by atoms with Gasteiger partial charge in [-0.25, -0.2) is 9.97 Å². The van der Waals surface area contributed by atoms with Crippen LogP contribution in [0.4, 0.5) is 0 Å². The number of aromatic nitrogens is 2. The second kappa shape index (κ2) is 4.21. The smallest absolute Gasteiger partial charge is 0.243 e. The maximum atomic E-state index is 12.0. The third kappa shape index (κ3) is 1.88. The molecule has 0 amide bonds. The molecule has 4 nitrogen and oxygen atoms in total. The van der Waals surface area contributed by atoms with Crippen molar-refractivity contribution < 1.29 is 9.53 Å². The molecule has 15 heavy (non-hydrogen) atoms. The maximum Gasteiger partial charge on any atom is 0.243 e. The summed E-state index contributed by atoms with van der Waals surface area (Å²) in [6.45, 7) is 0. The first-order valence-electron chi connectivity index (χ1n) is 4.91. The average molecular weight is 204 g/mol. The van der Waals surface area contributed by atoms with E-state index in [0.29, 0.717) is 11.6 Å². The summed E-state index contributed by atoms with van der Waals surface area (Å²) < 4.78 is 5.00. The lowest BCUT2D eigenvalue weighted by Crippen LogP contribution is -2.07. The molecular weight excluding hydrogens is 192 g/mol. The van der Waals surface area contributed by atoms with Gasteiger partial charge >= 0.3 is 0 Å². The van der Waals surface area contributed by atoms with E-state index in [1.165, 1.54) is 19.5 Å². The molecule has 0 aliphatic heterocycles. The summed E-state index contributed by atoms with van der Waals surface area (Å²) in [7, 11) is 1.49. The molecule has 0 radical (unpaired) electrons. The highest BCUT2D eigenvalue weighted by atomic mass is 16.5. The van der Waals surface area contributed by atoms with Gasteiger partial charge < -0.3 is 4.74 Å². The van der Waals surface area contributed by atoms with Crippen LogP contribution in [0.15, 0.2) is 24.0 Å². The lowest BCUT2D eigenvalue weighted by Gasteiger charge is -2.04. The van der Waals surface area contributed by atoms with Gasteiger partial charge in [0.2, 0.25) is 11.7 Å². The van der Waals surface area contributed by atoms with E-state index in [1.54, 1.807) is 0 Å². The van der Waals surface area contributed by atoms with Crippen LogP contribution >= 0.6 is 0 Å². The van der Waals surface area contributed by atoms with E-state index in [0.717, 1.165) is 24.8 Å². The largest absolute Gasteiger partial charge is 0.479 e. The van der Waals surface area contributed by atoms with E-state index in [9.17, 15) is 4.79 Å². The average Bonchev–Trinajstić information content (AvgIpc) is 2.81. The van der Waals surface area contributed by atoms with Gasteiger partial charge in [0.1, 0.15) is 0 Å². The Balaban J connectivity index is 2.32. The lowest BCUT2D eigenvalue weighted by molar-refractivity contribution is 0.102. The molecule has 0 fully saturated rings. The molecule has 0 unspecified atom stereocenters. The Kier molecular flexibility index (Phi) is 2.76. The van der Waals surface area contributed by atoms with E-state index in [-0.39, 0.29) is 5.78 Å². The van der Waals surface area contributed by atoms with Crippen molar-refractivity contribution in [3.05, 3.63) is 29.7 Å². The van der Waals surface area contributed by atoms with Crippen molar-refractivity contribution in [1.82, 2.24) is 9.97 Å². The van der Waals surface area contributed by atoms with Gasteiger partial charge in [0, 0.05) is 12.4 Å². The number of ether oxygens (including phenoxy) is 1. The zero-order valence-electron chi connectivity index (χ0n) is 8.56. The number of hydrogen-bond acceptors (Lipinski definition) is 4. The van der Waals surface area contributed by atoms with Crippen molar-refractivity contribution in [3.63, 3.8) is 0 Å². The van der Waals surface area contributed by atoms with E-state index in [1.807, 2.05) is 6.08 Å². The lowest BCUT2D eigenvalue weighted by atomic mass is 10.1. The molecule has 0 spiro atoms. The van der Waals surface area contributed by atoms with Crippen molar-refractivity contribution in [1.29, 1.82) is 0 Å². The number of nitrogens with zero attached hydrogens (tertiary/aromatic N) is 2. The van der Waals surface area contributed by atoms with Gasteiger partial charge in [-0.1, -0.05) is 6.08 Å². The fourth-order valence-electron chi connectivity index (χ4n) is 1.66. The summed E-state index contributed by atoms with van der Waals surface area (Å²) in [5.41, 5.74) is 1.14. The zero-order chi connectivity index (χ0) is 10.7. The Hall–Kier alpha value is -1.71. The molecule has 2 rings (SSSR count). The molecule has 1 aromatic heterocycles. The van der Waals surface area contributed by atoms with Crippen molar-refractivity contribution in [3.8, 4) is 5.88 Å². The van der Waals surface area contributed by atoms with Crippen molar-refractivity contribution >= 4 is 5.78 Å². The van der Waals surface area contributed by atoms with Gasteiger partial charge in [-0.15, -0.1) is 0 Å². The van der Waals surface area contributed by atoms with Crippen LogP contribution in [0.3, 0.4) is 0 Å². The molecular formula is C11H12N2O2. The highest BCUT2D eigenvalue weighted by Crippen LogP contribution is 2.23. The Bertz CT molecular complexity index is 413. The zero-order valence-corrected chi connectivity index (χ0v) is 8.56. The van der Waals surface area contributed by atoms with Crippen molar-refractivity contribution in [2.45, 2.75) is 19.3 Å². The Labute approximate surface area is 88.0 Å². The first kappa shape index (κ1) is 9.83. The topological polar surface area (TPSA) is 52.1 Å². The summed E-state index contributed by atoms with van der Waals surface area (Å²) in [5.74, 6) is 0.243. The first-order chi connectivity index (χ1) is 7.33. The quantitative estimate of drug-likeness (QED) is 0.704. The first-order valence-corrected chi connectivity index (χ1v) is 4.91. The molecule has 4 heteroatoms. The molecule has 78 valence electrons. The molecule has 1 aromatic rings. The van der Waals surface area contributed by atoms with Crippen molar-refractivity contribution in [2.24, 2.45) is 0 Å². The number of rotatable bonds is 3. The molecule has 0 saturated carbocycles. The number of Topliss-reactive ketones (excluding diaryl/α,β-unsaturated/α-hetero) is 1. The molecule has 0 aromatic carbocycles. The van der Waals surface area contributed by atoms with Gasteiger partial charge in [-0.2, -0.15) is 0 Å². The van der Waals surface area contributed by atoms with E-state index in [4.69, 9.17) is 4.74 Å². The van der Waals surface area contributed by atoms with Crippen LogP contribution in [-0.4, -0.2) is 22.9 Å². The van der Waals surface area contributed by atoms with Gasteiger partial charge in [0.15, 0.2) is 5.69 Å². The maximum absolute atomic E-state index is 12.0. The molecule has 0 atom stereocenters. The van der Waals surface area contributed by atoms with E-state index < -0.39 is 0 Å². The summed E-state index contributed by atoms with van der Waals surface area (Å²) in [6, 6.07) is 0. The van der Waals surface area contributed by atoms with Crippen LogP contribution < -0.4 is 4.74 Å². The van der Waals surface area contributed by atoms with Crippen LogP contribution in [0.1, 0.15) is 29.8 Å². The minimum Gasteiger partial charge on any atom is -0.479 e. The number of hydrogen-bond donors (Lipinski definition) is 0. The minimum absolute atomic E-state index is 0.0579. The third-order valence-electron chi connectivity index (χ3n) is 2.41. The Morgan fingerprint density at radius 1 is 1.40 bits per heavy atom. The number of ketones is 1. The van der Waals surface area contributed by atoms with Crippen LogP contribution in [0.5, 0.6) is 5.88 Å². The fraction of sp³-hybridized carbons (Fsp3) is 0.364. The van der Waals surface area contributed by atoms with Crippen molar-refractivity contribution in [2.75, 3.05) is 7.11 Å². The summed E-state index contributed by atoms with van der Waals surface area (Å²) in [5, 5.41) is 0. The van der Waals surface area contributed by atoms with Crippen LogP contribution in [0, 0.1) is 0 Å². The highest BCUT2D eigenvalue weighted by molar-refractivity contribution is 6.08. The Morgan fingerprint density at radius 2 is 2.20 bits per heavy atom. The van der Waals surface area contributed by atoms with Crippen LogP contribution in [-0.2, 0) is 0 Å². The summed E-state index contributed by atoms with van der Waals surface area (Å²) >= 11 is 0. The van der Waals surface area contributed by atoms with Gasteiger partial charge in [-0.3, -0.25) is 4.79 Å². The molecule has 0 saturated heterocycles. The van der Waals surface area contributed by atoms with Gasteiger partial charge in [-0.05, 0) is 24.8 Å². The molecule has 1 aliphatic rings. The monoisotopic (exact) mass is 204 g/mol. The standard InChI is InChI=1S/C11H12N2O2/c1-15-11-9(12-6-7-13-11)10(14)8-4-2-3-5-8/h4,6-7H,2-3,5H2,1H3. The van der Waals surface area contributed by atoms with E-state index >= 15 is 0 Å². The van der Waals surface area contributed by atoms with Crippen LogP contribution in [0.2, 0.25) is 0 Å². The predicted octanol–water partition coefficient (Wildman–Crippen LogP) is 1.78. The number of carbonyl (C=O) groups excluding carboxylic acids is 1.